The number of aromatic nitrogens is 2. The van der Waals surface area contributed by atoms with Crippen molar-refractivity contribution in [2.75, 3.05) is 12.4 Å². The van der Waals surface area contributed by atoms with Gasteiger partial charge in [0.05, 0.1) is 24.6 Å². The lowest BCUT2D eigenvalue weighted by atomic mass is 10.2. The van der Waals surface area contributed by atoms with Crippen LogP contribution in [0, 0.1) is 0 Å². The van der Waals surface area contributed by atoms with E-state index in [1.807, 2.05) is 0 Å². The Morgan fingerprint density at radius 2 is 1.61 bits per heavy atom. The molecule has 8 nitrogen and oxygen atoms in total. The first-order chi connectivity index (χ1) is 15.9. The molecule has 0 aliphatic carbocycles. The van der Waals surface area contributed by atoms with E-state index in [1.54, 1.807) is 67.8 Å². The van der Waals surface area contributed by atoms with Crippen LogP contribution in [0.4, 0.5) is 11.4 Å². The third-order valence-electron chi connectivity index (χ3n) is 4.70. The van der Waals surface area contributed by atoms with Gasteiger partial charge in [0.25, 0.3) is 5.56 Å². The van der Waals surface area contributed by atoms with E-state index < -0.39 is 11.5 Å². The van der Waals surface area contributed by atoms with E-state index in [0.29, 0.717) is 27.9 Å². The maximum atomic E-state index is 13.4. The van der Waals surface area contributed by atoms with Crippen molar-refractivity contribution in [1.29, 1.82) is 0 Å². The third kappa shape index (κ3) is 4.97. The molecule has 0 radical (unpaired) electrons. The fourth-order valence-electron chi connectivity index (χ4n) is 3.01. The fraction of sp³-hybridized carbons (Fsp3) is 0.0417. The number of hydrogen-bond donors (Lipinski definition) is 2. The topological polar surface area (TPSA) is 103 Å². The smallest absolute Gasteiger partial charge is 0.335 e. The van der Waals surface area contributed by atoms with Crippen LogP contribution in [0.2, 0.25) is 5.02 Å². The first-order valence-corrected chi connectivity index (χ1v) is 10.1. The summed E-state index contributed by atoms with van der Waals surface area (Å²) < 4.78 is 12.3. The molecular formula is C24H18ClN3O5. The molecular weight excluding hydrogens is 446 g/mol. The molecule has 3 aromatic carbocycles. The minimum atomic E-state index is -1.04. The third-order valence-corrected chi connectivity index (χ3v) is 4.95. The van der Waals surface area contributed by atoms with Crippen LogP contribution in [-0.4, -0.2) is 28.0 Å². The largest absolute Gasteiger partial charge is 0.497 e. The van der Waals surface area contributed by atoms with Crippen LogP contribution >= 0.6 is 11.6 Å². The van der Waals surface area contributed by atoms with Crippen molar-refractivity contribution in [2.45, 2.75) is 0 Å². The van der Waals surface area contributed by atoms with Gasteiger partial charge in [0.1, 0.15) is 11.5 Å². The number of hydrogen-bond acceptors (Lipinski definition) is 6. The molecule has 0 amide bonds. The van der Waals surface area contributed by atoms with Crippen LogP contribution in [0.15, 0.2) is 83.8 Å². The van der Waals surface area contributed by atoms with Crippen LogP contribution in [-0.2, 0) is 0 Å². The molecule has 1 heterocycles. The first-order valence-electron chi connectivity index (χ1n) is 9.75. The zero-order valence-corrected chi connectivity index (χ0v) is 18.1. The van der Waals surface area contributed by atoms with Crippen LogP contribution in [0.5, 0.6) is 17.2 Å². The minimum Gasteiger partial charge on any atom is -0.497 e. The number of carboxylic acids is 1. The molecule has 2 N–H and O–H groups in total. The van der Waals surface area contributed by atoms with Gasteiger partial charge in [-0.1, -0.05) is 11.6 Å². The van der Waals surface area contributed by atoms with Gasteiger partial charge in [0.2, 0.25) is 0 Å². The van der Waals surface area contributed by atoms with E-state index in [9.17, 15) is 9.59 Å². The summed E-state index contributed by atoms with van der Waals surface area (Å²) in [5, 5.41) is 16.9. The molecule has 166 valence electrons. The number of carbonyl (C=O) groups is 1. The number of aromatic carboxylic acids is 1. The number of anilines is 2. The van der Waals surface area contributed by atoms with Gasteiger partial charge in [0.15, 0.2) is 11.4 Å². The number of carboxylic acid groups (broad SMARTS) is 1. The highest BCUT2D eigenvalue weighted by Crippen LogP contribution is 2.29. The Morgan fingerprint density at radius 3 is 2.21 bits per heavy atom. The lowest BCUT2D eigenvalue weighted by Gasteiger charge is -2.15. The molecule has 9 heteroatoms. The van der Waals surface area contributed by atoms with Gasteiger partial charge in [-0.2, -0.15) is 9.78 Å². The molecule has 4 rings (SSSR count). The Morgan fingerprint density at radius 1 is 0.970 bits per heavy atom. The van der Waals surface area contributed by atoms with Crippen LogP contribution < -0.4 is 20.3 Å². The van der Waals surface area contributed by atoms with Crippen molar-refractivity contribution in [3.8, 4) is 22.9 Å². The number of benzene rings is 3. The molecule has 1 aromatic heterocycles. The van der Waals surface area contributed by atoms with E-state index >= 15 is 0 Å². The standard InChI is InChI=1S/C24H18ClN3O5/c1-32-19-12-8-18(9-13-19)28-23(29)22(27-17-6-2-15(3-7-17)24(30)31)21(14-26-28)33-20-10-4-16(25)5-11-20/h2-14,27H,1H3,(H,30,31). The average Bonchev–Trinajstić information content (AvgIpc) is 2.83. The van der Waals surface area contributed by atoms with Crippen LogP contribution in [0.25, 0.3) is 5.69 Å². The van der Waals surface area contributed by atoms with Crippen LogP contribution in [0.1, 0.15) is 10.4 Å². The van der Waals surface area contributed by atoms with Crippen molar-refractivity contribution in [3.05, 3.63) is 99.9 Å². The van der Waals surface area contributed by atoms with Gasteiger partial charge in [-0.3, -0.25) is 4.79 Å². The number of methoxy groups -OCH3 is 1. The van der Waals surface area contributed by atoms with E-state index in [2.05, 4.69) is 10.4 Å². The molecule has 0 aliphatic rings. The highest BCUT2D eigenvalue weighted by atomic mass is 35.5. The predicted molar refractivity (Wildman–Crippen MR) is 125 cm³/mol. The highest BCUT2D eigenvalue weighted by molar-refractivity contribution is 6.30. The summed E-state index contributed by atoms with van der Waals surface area (Å²) in [6.07, 6.45) is 1.42. The molecule has 0 saturated carbocycles. The maximum Gasteiger partial charge on any atom is 0.335 e. The number of rotatable bonds is 7. The minimum absolute atomic E-state index is 0.124. The number of nitrogens with zero attached hydrogens (tertiary/aromatic N) is 2. The summed E-state index contributed by atoms with van der Waals surface area (Å²) in [6.45, 7) is 0. The molecule has 0 unspecified atom stereocenters. The summed E-state index contributed by atoms with van der Waals surface area (Å²) in [5.74, 6) is 0.256. The molecule has 0 fully saturated rings. The van der Waals surface area contributed by atoms with E-state index in [4.69, 9.17) is 26.2 Å². The first kappa shape index (κ1) is 21.9. The van der Waals surface area contributed by atoms with Gasteiger partial charge in [0, 0.05) is 10.7 Å². The normalized spacial score (nSPS) is 10.5. The molecule has 0 atom stereocenters. The Balaban J connectivity index is 1.76. The lowest BCUT2D eigenvalue weighted by molar-refractivity contribution is 0.0697. The number of nitrogens with one attached hydrogen (secondary N) is 1. The second kappa shape index (κ2) is 9.46. The molecule has 0 spiro atoms. The monoisotopic (exact) mass is 463 g/mol. The van der Waals surface area contributed by atoms with Gasteiger partial charge in [-0.15, -0.1) is 0 Å². The van der Waals surface area contributed by atoms with Crippen molar-refractivity contribution < 1.29 is 19.4 Å². The van der Waals surface area contributed by atoms with Crippen molar-refractivity contribution in [3.63, 3.8) is 0 Å². The molecule has 33 heavy (non-hydrogen) atoms. The van der Waals surface area contributed by atoms with Crippen molar-refractivity contribution >= 4 is 28.9 Å². The number of halogens is 1. The maximum absolute atomic E-state index is 13.4. The van der Waals surface area contributed by atoms with Gasteiger partial charge < -0.3 is 19.9 Å². The summed E-state index contributed by atoms with van der Waals surface area (Å²) >= 11 is 5.94. The fourth-order valence-corrected chi connectivity index (χ4v) is 3.13. The van der Waals surface area contributed by atoms with E-state index in [1.165, 1.54) is 23.0 Å². The Hall–Kier alpha value is -4.30. The molecule has 0 bridgehead atoms. The van der Waals surface area contributed by atoms with Gasteiger partial charge in [-0.05, 0) is 72.8 Å². The average molecular weight is 464 g/mol. The summed E-state index contributed by atoms with van der Waals surface area (Å²) in [4.78, 5) is 24.5. The highest BCUT2D eigenvalue weighted by Gasteiger charge is 2.16. The zero-order chi connectivity index (χ0) is 23.4. The quantitative estimate of drug-likeness (QED) is 0.391. The van der Waals surface area contributed by atoms with E-state index in [-0.39, 0.29) is 17.0 Å². The Labute approximate surface area is 193 Å². The summed E-state index contributed by atoms with van der Waals surface area (Å²) in [7, 11) is 1.56. The van der Waals surface area contributed by atoms with Crippen molar-refractivity contribution in [2.24, 2.45) is 0 Å². The van der Waals surface area contributed by atoms with Gasteiger partial charge in [-0.25, -0.2) is 4.79 Å². The summed E-state index contributed by atoms with van der Waals surface area (Å²) in [5.41, 5.74) is 0.824. The van der Waals surface area contributed by atoms with Crippen LogP contribution in [0.3, 0.4) is 0 Å². The predicted octanol–water partition coefficient (Wildman–Crippen LogP) is 5.13. The molecule has 0 saturated heterocycles. The second-order valence-corrected chi connectivity index (χ2v) is 7.30. The zero-order valence-electron chi connectivity index (χ0n) is 17.4. The van der Waals surface area contributed by atoms with Crippen molar-refractivity contribution in [1.82, 2.24) is 9.78 Å². The number of ether oxygens (including phenoxy) is 2. The van der Waals surface area contributed by atoms with E-state index in [0.717, 1.165) is 0 Å². The SMILES string of the molecule is COc1ccc(-n2ncc(Oc3ccc(Cl)cc3)c(Nc3ccc(C(=O)O)cc3)c2=O)cc1. The Kier molecular flexibility index (Phi) is 6.28. The summed E-state index contributed by atoms with van der Waals surface area (Å²) in [6, 6.07) is 19.5. The molecule has 4 aromatic rings. The Bertz CT molecular complexity index is 1330. The second-order valence-electron chi connectivity index (χ2n) is 6.86. The lowest BCUT2D eigenvalue weighted by Crippen LogP contribution is -2.24. The van der Waals surface area contributed by atoms with Gasteiger partial charge >= 0.3 is 5.97 Å². The molecule has 0 aliphatic heterocycles.